The summed E-state index contributed by atoms with van der Waals surface area (Å²) in [5.74, 6) is -0.945. The van der Waals surface area contributed by atoms with Crippen LogP contribution in [0, 0.1) is 0 Å². The lowest BCUT2D eigenvalue weighted by Gasteiger charge is -2.23. The largest absolute Gasteiger partial charge is 0.496 e. The number of anilines is 1. The van der Waals surface area contributed by atoms with Crippen LogP contribution in [0.2, 0.25) is 5.02 Å². The van der Waals surface area contributed by atoms with E-state index in [0.717, 1.165) is 0 Å². The summed E-state index contributed by atoms with van der Waals surface area (Å²) in [4.78, 5) is 38.9. The number of halogens is 1. The standard InChI is InChI=1S/C22H14ClNO4/c1-28-16-11-10-15(24-22(27)12-6-3-2-4-7-12)18-19(16)21(26)17-13(20(18)25)8-5-9-14(17)23/h2-11H,1H3,(H,24,27). The highest BCUT2D eigenvalue weighted by Gasteiger charge is 2.36. The predicted molar refractivity (Wildman–Crippen MR) is 106 cm³/mol. The van der Waals surface area contributed by atoms with Crippen molar-refractivity contribution in [3.8, 4) is 5.75 Å². The first-order valence-electron chi connectivity index (χ1n) is 8.48. The second-order valence-corrected chi connectivity index (χ2v) is 6.61. The molecule has 0 heterocycles. The third-order valence-electron chi connectivity index (χ3n) is 4.61. The van der Waals surface area contributed by atoms with E-state index in [9.17, 15) is 14.4 Å². The molecule has 1 aliphatic rings. The minimum absolute atomic E-state index is 0.0963. The first-order chi connectivity index (χ1) is 13.5. The molecule has 0 saturated heterocycles. The highest BCUT2D eigenvalue weighted by molar-refractivity contribution is 6.40. The fraction of sp³-hybridized carbons (Fsp3) is 0.0455. The van der Waals surface area contributed by atoms with Gasteiger partial charge in [0.1, 0.15) is 5.75 Å². The van der Waals surface area contributed by atoms with Gasteiger partial charge in [0.05, 0.1) is 34.5 Å². The molecule has 3 aromatic rings. The van der Waals surface area contributed by atoms with E-state index >= 15 is 0 Å². The van der Waals surface area contributed by atoms with Crippen molar-refractivity contribution < 1.29 is 19.1 Å². The van der Waals surface area contributed by atoms with Crippen LogP contribution in [0.3, 0.4) is 0 Å². The molecule has 1 amide bonds. The fourth-order valence-corrected chi connectivity index (χ4v) is 3.57. The molecule has 0 fully saturated rings. The van der Waals surface area contributed by atoms with Crippen LogP contribution in [-0.4, -0.2) is 24.6 Å². The van der Waals surface area contributed by atoms with Gasteiger partial charge < -0.3 is 10.1 Å². The summed E-state index contributed by atoms with van der Waals surface area (Å²) in [5, 5.41) is 2.93. The molecule has 1 N–H and O–H groups in total. The molecule has 0 aliphatic heterocycles. The highest BCUT2D eigenvalue weighted by Crippen LogP contribution is 2.39. The molecule has 0 atom stereocenters. The topological polar surface area (TPSA) is 72.5 Å². The Morgan fingerprint density at radius 3 is 2.32 bits per heavy atom. The average molecular weight is 392 g/mol. The number of fused-ring (bicyclic) bond motifs is 2. The van der Waals surface area contributed by atoms with E-state index in [1.54, 1.807) is 60.7 Å². The summed E-state index contributed by atoms with van der Waals surface area (Å²) < 4.78 is 5.30. The smallest absolute Gasteiger partial charge is 0.255 e. The normalized spacial score (nSPS) is 12.2. The van der Waals surface area contributed by atoms with Gasteiger partial charge in [-0.15, -0.1) is 0 Å². The Labute approximate surface area is 165 Å². The number of hydrogen-bond acceptors (Lipinski definition) is 4. The molecule has 1 aliphatic carbocycles. The summed E-state index contributed by atoms with van der Waals surface area (Å²) in [6.07, 6.45) is 0. The van der Waals surface area contributed by atoms with Gasteiger partial charge in [0.2, 0.25) is 0 Å². The maximum Gasteiger partial charge on any atom is 0.255 e. The molecule has 28 heavy (non-hydrogen) atoms. The SMILES string of the molecule is COc1ccc(NC(=O)c2ccccc2)c2c1C(=O)c1c(Cl)cccc1C2=O. The summed E-state index contributed by atoms with van der Waals surface area (Å²) in [6, 6.07) is 16.4. The van der Waals surface area contributed by atoms with Crippen LogP contribution in [0.1, 0.15) is 42.2 Å². The van der Waals surface area contributed by atoms with E-state index in [2.05, 4.69) is 5.32 Å². The third kappa shape index (κ3) is 2.77. The lowest BCUT2D eigenvalue weighted by Crippen LogP contribution is -2.25. The molecule has 5 nitrogen and oxygen atoms in total. The van der Waals surface area contributed by atoms with E-state index < -0.39 is 11.6 Å². The number of amides is 1. The third-order valence-corrected chi connectivity index (χ3v) is 4.93. The van der Waals surface area contributed by atoms with Crippen LogP contribution >= 0.6 is 11.6 Å². The van der Waals surface area contributed by atoms with Crippen molar-refractivity contribution in [1.29, 1.82) is 0 Å². The number of benzene rings is 3. The van der Waals surface area contributed by atoms with Crippen LogP contribution in [0.5, 0.6) is 5.75 Å². The van der Waals surface area contributed by atoms with Crippen molar-refractivity contribution in [2.75, 3.05) is 12.4 Å². The Hall–Kier alpha value is -3.44. The van der Waals surface area contributed by atoms with Gasteiger partial charge in [-0.2, -0.15) is 0 Å². The van der Waals surface area contributed by atoms with E-state index in [1.165, 1.54) is 7.11 Å². The van der Waals surface area contributed by atoms with Crippen LogP contribution in [0.25, 0.3) is 0 Å². The molecule has 138 valence electrons. The maximum absolute atomic E-state index is 13.2. The lowest BCUT2D eigenvalue weighted by atomic mass is 9.82. The van der Waals surface area contributed by atoms with E-state index in [1.807, 2.05) is 0 Å². The number of hydrogen-bond donors (Lipinski definition) is 1. The molecule has 0 unspecified atom stereocenters. The number of nitrogens with one attached hydrogen (secondary N) is 1. The van der Waals surface area contributed by atoms with Gasteiger partial charge in [0.25, 0.3) is 5.91 Å². The Morgan fingerprint density at radius 2 is 1.61 bits per heavy atom. The maximum atomic E-state index is 13.2. The van der Waals surface area contributed by atoms with Crippen molar-refractivity contribution >= 4 is 34.8 Å². The lowest BCUT2D eigenvalue weighted by molar-refractivity contribution is 0.0976. The van der Waals surface area contributed by atoms with Gasteiger partial charge in [0.15, 0.2) is 11.6 Å². The number of ketones is 2. The monoisotopic (exact) mass is 391 g/mol. The molecule has 6 heteroatoms. The Kier molecular flexibility index (Phi) is 4.45. The number of carbonyl (C=O) groups excluding carboxylic acids is 3. The first kappa shape index (κ1) is 17.9. The Morgan fingerprint density at radius 1 is 0.857 bits per heavy atom. The Bertz CT molecular complexity index is 1140. The summed E-state index contributed by atoms with van der Waals surface area (Å²) in [7, 11) is 1.41. The number of ether oxygens (including phenoxy) is 1. The second kappa shape index (κ2) is 6.94. The number of methoxy groups -OCH3 is 1. The average Bonchev–Trinajstić information content (AvgIpc) is 2.72. The summed E-state index contributed by atoms with van der Waals surface area (Å²) in [5.41, 5.74) is 1.22. The quantitative estimate of drug-likeness (QED) is 0.562. The van der Waals surface area contributed by atoms with Crippen LogP contribution in [-0.2, 0) is 0 Å². The molecule has 0 bridgehead atoms. The number of carbonyl (C=O) groups is 3. The second-order valence-electron chi connectivity index (χ2n) is 6.21. The van der Waals surface area contributed by atoms with Crippen LogP contribution in [0.4, 0.5) is 5.69 Å². The van der Waals surface area contributed by atoms with Gasteiger partial charge in [0, 0.05) is 11.1 Å². The molecule has 0 spiro atoms. The minimum Gasteiger partial charge on any atom is -0.496 e. The molecule has 0 aromatic heterocycles. The molecular weight excluding hydrogens is 378 g/mol. The van der Waals surface area contributed by atoms with Crippen LogP contribution in [0.15, 0.2) is 60.7 Å². The molecule has 0 radical (unpaired) electrons. The van der Waals surface area contributed by atoms with Gasteiger partial charge in [-0.05, 0) is 30.3 Å². The number of rotatable bonds is 3. The first-order valence-corrected chi connectivity index (χ1v) is 8.86. The zero-order chi connectivity index (χ0) is 19.8. The molecule has 3 aromatic carbocycles. The van der Waals surface area contributed by atoms with E-state index in [4.69, 9.17) is 16.3 Å². The van der Waals surface area contributed by atoms with Gasteiger partial charge >= 0.3 is 0 Å². The van der Waals surface area contributed by atoms with E-state index in [-0.39, 0.29) is 44.6 Å². The zero-order valence-electron chi connectivity index (χ0n) is 14.8. The molecular formula is C22H14ClNO4. The predicted octanol–water partition coefficient (Wildman–Crippen LogP) is 4.38. The zero-order valence-corrected chi connectivity index (χ0v) is 15.5. The van der Waals surface area contributed by atoms with Crippen molar-refractivity contribution in [2.45, 2.75) is 0 Å². The van der Waals surface area contributed by atoms with Crippen molar-refractivity contribution in [1.82, 2.24) is 0 Å². The van der Waals surface area contributed by atoms with Crippen molar-refractivity contribution in [3.63, 3.8) is 0 Å². The highest BCUT2D eigenvalue weighted by atomic mass is 35.5. The molecule has 4 rings (SSSR count). The van der Waals surface area contributed by atoms with Crippen molar-refractivity contribution in [2.24, 2.45) is 0 Å². The molecule has 0 saturated carbocycles. The summed E-state index contributed by atoms with van der Waals surface area (Å²) in [6.45, 7) is 0. The van der Waals surface area contributed by atoms with Gasteiger partial charge in [-0.3, -0.25) is 14.4 Å². The van der Waals surface area contributed by atoms with Crippen LogP contribution < -0.4 is 10.1 Å². The van der Waals surface area contributed by atoms with Crippen molar-refractivity contribution in [3.05, 3.63) is 93.5 Å². The minimum atomic E-state index is -0.414. The summed E-state index contributed by atoms with van der Waals surface area (Å²) >= 11 is 6.18. The Balaban J connectivity index is 1.88. The van der Waals surface area contributed by atoms with Gasteiger partial charge in [-0.1, -0.05) is 41.9 Å². The fourth-order valence-electron chi connectivity index (χ4n) is 3.31. The van der Waals surface area contributed by atoms with E-state index in [0.29, 0.717) is 5.56 Å². The van der Waals surface area contributed by atoms with Gasteiger partial charge in [-0.25, -0.2) is 0 Å².